The van der Waals surface area contributed by atoms with Gasteiger partial charge in [-0.3, -0.25) is 4.98 Å². The first-order chi connectivity index (χ1) is 27.7. The molecule has 10 aromatic rings. The molecular weight excluding hydrogens is 679 g/mol. The summed E-state index contributed by atoms with van der Waals surface area (Å²) in [5.41, 5.74) is 17.0. The van der Waals surface area contributed by atoms with Gasteiger partial charge in [0.1, 0.15) is 0 Å². The van der Waals surface area contributed by atoms with Crippen molar-refractivity contribution in [2.75, 3.05) is 0 Å². The zero-order chi connectivity index (χ0) is 37.2. The van der Waals surface area contributed by atoms with E-state index in [2.05, 4.69) is 183 Å². The van der Waals surface area contributed by atoms with Crippen LogP contribution in [0.15, 0.2) is 182 Å². The lowest BCUT2D eigenvalue weighted by molar-refractivity contribution is 1.31. The molecule has 0 atom stereocenters. The molecule has 0 unspecified atom stereocenters. The van der Waals surface area contributed by atoms with Gasteiger partial charge in [-0.05, 0) is 64.4 Å². The summed E-state index contributed by atoms with van der Waals surface area (Å²) >= 11 is 0. The fourth-order valence-corrected chi connectivity index (χ4v) is 8.54. The van der Waals surface area contributed by atoms with Crippen molar-refractivity contribution >= 4 is 71.3 Å². The Labute approximate surface area is 324 Å². The van der Waals surface area contributed by atoms with Gasteiger partial charge in [0.15, 0.2) is 0 Å². The predicted octanol–water partition coefficient (Wildman–Crippen LogP) is 13.8. The second kappa shape index (κ2) is 12.8. The third-order valence-corrected chi connectivity index (χ3v) is 11.2. The summed E-state index contributed by atoms with van der Waals surface area (Å²) in [7, 11) is 0. The van der Waals surface area contributed by atoms with Crippen molar-refractivity contribution in [1.82, 2.24) is 15.0 Å². The van der Waals surface area contributed by atoms with Crippen LogP contribution in [0.3, 0.4) is 0 Å². The zero-order valence-corrected chi connectivity index (χ0v) is 30.7. The number of aromatic nitrogens is 3. The number of benzene rings is 7. The molecule has 3 heteroatoms. The molecule has 11 rings (SSSR count). The minimum Gasteiger partial charge on any atom is -0.256 e. The van der Waals surface area contributed by atoms with Crippen LogP contribution in [0.25, 0.3) is 105 Å². The maximum absolute atomic E-state index is 5.37. The zero-order valence-electron chi connectivity index (χ0n) is 30.7. The first-order valence-corrected chi connectivity index (χ1v) is 19.0. The van der Waals surface area contributed by atoms with Crippen LogP contribution in [-0.4, -0.2) is 15.0 Å². The molecule has 3 aromatic heterocycles. The Balaban J connectivity index is 1.01. The van der Waals surface area contributed by atoms with Crippen molar-refractivity contribution in [2.24, 2.45) is 0 Å². The van der Waals surface area contributed by atoms with E-state index in [4.69, 9.17) is 15.0 Å². The summed E-state index contributed by atoms with van der Waals surface area (Å²) in [4.78, 5) is 15.6. The standard InChI is InChI=1S/C53H33N3/c1-33-30-37(25-23-35-22-24-36-26-29-47(55-52(36)49(33)35)34-12-3-2-4-13-34)40-27-28-46(54-32-40)38-14-11-15-39(31-38)53-51-44-19-8-6-17-42(44)41-16-5-7-18-43(41)50(51)45-20-9-10-21-48(45)56-53/h2-29,31-32H,1H3. The van der Waals surface area contributed by atoms with Crippen molar-refractivity contribution in [3.05, 3.63) is 198 Å². The van der Waals surface area contributed by atoms with Gasteiger partial charge in [-0.25, -0.2) is 9.97 Å². The molecule has 1 aliphatic rings. The SMILES string of the molecule is CC1=C=C(c2ccc(-c3cccc(-c4nc5ccccc5c5c6ccccc6c6ccccc6c45)c3)nc2)C=Cc2ccc3ccc(-c4ccccc4)nc3c21. The summed E-state index contributed by atoms with van der Waals surface area (Å²) in [6, 6.07) is 57.9. The highest BCUT2D eigenvalue weighted by molar-refractivity contribution is 6.33. The van der Waals surface area contributed by atoms with Crippen molar-refractivity contribution in [1.29, 1.82) is 0 Å². The van der Waals surface area contributed by atoms with Crippen molar-refractivity contribution in [3.63, 3.8) is 0 Å². The van der Waals surface area contributed by atoms with Gasteiger partial charge in [-0.2, -0.15) is 0 Å². The van der Waals surface area contributed by atoms with Crippen molar-refractivity contribution in [3.8, 4) is 33.8 Å². The monoisotopic (exact) mass is 711 g/mol. The van der Waals surface area contributed by atoms with Crippen LogP contribution in [0.2, 0.25) is 0 Å². The Kier molecular flexibility index (Phi) is 7.35. The maximum Gasteiger partial charge on any atom is 0.0796 e. The van der Waals surface area contributed by atoms with Gasteiger partial charge in [0.05, 0.1) is 28.1 Å². The second-order valence-electron chi connectivity index (χ2n) is 14.5. The van der Waals surface area contributed by atoms with Crippen molar-refractivity contribution < 1.29 is 0 Å². The predicted molar refractivity (Wildman–Crippen MR) is 235 cm³/mol. The molecule has 0 bridgehead atoms. The molecule has 0 aliphatic heterocycles. The van der Waals surface area contributed by atoms with Crippen molar-refractivity contribution in [2.45, 2.75) is 6.92 Å². The third-order valence-electron chi connectivity index (χ3n) is 11.2. The van der Waals surface area contributed by atoms with E-state index in [1.165, 1.54) is 32.3 Å². The molecule has 56 heavy (non-hydrogen) atoms. The lowest BCUT2D eigenvalue weighted by atomic mass is 9.89. The minimum absolute atomic E-state index is 0.904. The molecule has 0 radical (unpaired) electrons. The number of nitrogens with zero attached hydrogens (tertiary/aromatic N) is 3. The summed E-state index contributed by atoms with van der Waals surface area (Å²) in [6.45, 7) is 2.13. The van der Waals surface area contributed by atoms with E-state index in [9.17, 15) is 0 Å². The number of hydrogen-bond acceptors (Lipinski definition) is 3. The Bertz CT molecular complexity index is 3330. The van der Waals surface area contributed by atoms with E-state index in [-0.39, 0.29) is 0 Å². The van der Waals surface area contributed by atoms with Crippen LogP contribution in [0, 0.1) is 0 Å². The van der Waals surface area contributed by atoms with Gasteiger partial charge >= 0.3 is 0 Å². The summed E-state index contributed by atoms with van der Waals surface area (Å²) in [5, 5.41) is 9.63. The molecule has 3 nitrogen and oxygen atoms in total. The highest BCUT2D eigenvalue weighted by Crippen LogP contribution is 2.43. The van der Waals surface area contributed by atoms with Crippen LogP contribution in [0.5, 0.6) is 0 Å². The number of hydrogen-bond donors (Lipinski definition) is 0. The van der Waals surface area contributed by atoms with Crippen LogP contribution < -0.4 is 0 Å². The molecule has 0 fully saturated rings. The number of fused-ring (bicyclic) bond motifs is 11. The molecule has 1 aliphatic carbocycles. The average Bonchev–Trinajstić information content (AvgIpc) is 3.44. The number of pyridine rings is 3. The largest absolute Gasteiger partial charge is 0.256 e. The quantitative estimate of drug-likeness (QED) is 0.135. The van der Waals surface area contributed by atoms with Crippen LogP contribution in [0.1, 0.15) is 23.6 Å². The molecule has 7 aromatic carbocycles. The molecule has 0 amide bonds. The topological polar surface area (TPSA) is 38.7 Å². The first kappa shape index (κ1) is 32.0. The smallest absolute Gasteiger partial charge is 0.0796 e. The summed E-state index contributed by atoms with van der Waals surface area (Å²) in [5.74, 6) is 0. The summed E-state index contributed by atoms with van der Waals surface area (Å²) < 4.78 is 0. The molecule has 0 N–H and O–H groups in total. The normalized spacial score (nSPS) is 12.6. The van der Waals surface area contributed by atoms with Gasteiger partial charge in [0.25, 0.3) is 0 Å². The fourth-order valence-electron chi connectivity index (χ4n) is 8.54. The van der Waals surface area contributed by atoms with Gasteiger partial charge in [0.2, 0.25) is 0 Å². The fraction of sp³-hybridized carbons (Fsp3) is 0.0189. The summed E-state index contributed by atoms with van der Waals surface area (Å²) in [6.07, 6.45) is 6.28. The Morgan fingerprint density at radius 1 is 0.464 bits per heavy atom. The number of para-hydroxylation sites is 1. The molecule has 0 spiro atoms. The number of rotatable bonds is 4. The molecule has 0 saturated carbocycles. The van der Waals surface area contributed by atoms with Crippen LogP contribution in [-0.2, 0) is 0 Å². The van der Waals surface area contributed by atoms with E-state index < -0.39 is 0 Å². The highest BCUT2D eigenvalue weighted by Gasteiger charge is 2.18. The van der Waals surface area contributed by atoms with Crippen LogP contribution >= 0.6 is 0 Å². The van der Waals surface area contributed by atoms with Gasteiger partial charge in [-0.1, -0.05) is 146 Å². The van der Waals surface area contributed by atoms with E-state index in [1.54, 1.807) is 0 Å². The Hall–Kier alpha value is -7.45. The third kappa shape index (κ3) is 5.18. The van der Waals surface area contributed by atoms with Gasteiger partial charge in [-0.15, -0.1) is 5.73 Å². The highest BCUT2D eigenvalue weighted by atomic mass is 14.7. The minimum atomic E-state index is 0.904. The van der Waals surface area contributed by atoms with Gasteiger partial charge < -0.3 is 0 Å². The van der Waals surface area contributed by atoms with E-state index in [1.807, 2.05) is 12.3 Å². The van der Waals surface area contributed by atoms with E-state index in [0.717, 1.165) is 83.4 Å². The molecular formula is C53H33N3. The lowest BCUT2D eigenvalue weighted by Crippen LogP contribution is -1.93. The van der Waals surface area contributed by atoms with Crippen LogP contribution in [0.4, 0.5) is 0 Å². The second-order valence-corrected chi connectivity index (χ2v) is 14.5. The van der Waals surface area contributed by atoms with Gasteiger partial charge in [0, 0.05) is 66.7 Å². The average molecular weight is 712 g/mol. The van der Waals surface area contributed by atoms with E-state index in [0.29, 0.717) is 0 Å². The molecule has 260 valence electrons. The lowest BCUT2D eigenvalue weighted by Gasteiger charge is -2.16. The molecule has 3 heterocycles. The molecule has 0 saturated heterocycles. The maximum atomic E-state index is 5.37. The number of allylic oxidation sites excluding steroid dienone is 2. The van der Waals surface area contributed by atoms with E-state index >= 15 is 0 Å². The Morgan fingerprint density at radius 2 is 1.12 bits per heavy atom. The first-order valence-electron chi connectivity index (χ1n) is 19.0. The Morgan fingerprint density at radius 3 is 1.91 bits per heavy atom.